The topological polar surface area (TPSA) is 148 Å². The molecule has 0 saturated carbocycles. The van der Waals surface area contributed by atoms with E-state index in [1.54, 1.807) is 21.9 Å². The predicted octanol–water partition coefficient (Wildman–Crippen LogP) is 5.51. The van der Waals surface area contributed by atoms with E-state index in [2.05, 4.69) is 15.7 Å². The van der Waals surface area contributed by atoms with Crippen molar-refractivity contribution in [1.82, 2.24) is 35.4 Å². The minimum atomic E-state index is -1.27. The summed E-state index contributed by atoms with van der Waals surface area (Å²) in [4.78, 5) is 63.3. The number of aliphatic hydroxyl groups is 1. The van der Waals surface area contributed by atoms with Crippen LogP contribution in [0.25, 0.3) is 0 Å². The molecule has 3 aromatic rings. The Bertz CT molecular complexity index is 1740. The Hall–Kier alpha value is -5.08. The molecule has 0 aliphatic carbocycles. The number of aromatic nitrogens is 1. The van der Waals surface area contributed by atoms with Crippen LogP contribution >= 0.6 is 0 Å². The van der Waals surface area contributed by atoms with Crippen LogP contribution in [0.3, 0.4) is 0 Å². The van der Waals surface area contributed by atoms with Gasteiger partial charge in [0.05, 0.1) is 31.5 Å². The third kappa shape index (κ3) is 12.5. The molecule has 1 saturated heterocycles. The first-order chi connectivity index (χ1) is 26.1. The van der Waals surface area contributed by atoms with E-state index in [9.17, 15) is 28.7 Å². The van der Waals surface area contributed by atoms with Crippen LogP contribution in [-0.4, -0.2) is 105 Å². The van der Waals surface area contributed by atoms with Crippen molar-refractivity contribution >= 4 is 24.1 Å². The first kappa shape index (κ1) is 42.7. The Morgan fingerprint density at radius 1 is 1.00 bits per heavy atom. The van der Waals surface area contributed by atoms with Gasteiger partial charge in [-0.1, -0.05) is 89.6 Å². The lowest BCUT2D eigenvalue weighted by atomic mass is 9.95. The first-order valence-electron chi connectivity index (χ1n) is 18.7. The number of hydrogen-bond donors (Lipinski definition) is 3. The summed E-state index contributed by atoms with van der Waals surface area (Å²) in [5.41, 5.74) is 5.35. The van der Waals surface area contributed by atoms with Gasteiger partial charge in [-0.05, 0) is 60.1 Å². The number of carbonyl (C=O) groups is 4. The van der Waals surface area contributed by atoms with Crippen LogP contribution < -0.4 is 10.7 Å². The smallest absolute Gasteiger partial charge is 0.417 e. The van der Waals surface area contributed by atoms with Crippen molar-refractivity contribution in [3.63, 3.8) is 0 Å². The zero-order valence-corrected chi connectivity index (χ0v) is 33.0. The Balaban J connectivity index is 1.60. The minimum absolute atomic E-state index is 0.0308. The van der Waals surface area contributed by atoms with Gasteiger partial charge in [0.15, 0.2) is 0 Å². The standard InChI is InChI=1S/C41H56FN7O6/c1-8-28(2)36(48-22-21-46(39(48)53)25-33-16-12-13-29(3)43-33)37(51)44-34(23-30-14-10-9-11-15-30)35(50)26-47(24-31-17-19-32(42)20-18-31)45-38(52)49(40(54)55-7)27-41(4,5)6/h9-20,28,34-36,50H,8,21-27H2,1-7H3,(H,44,51)(H,45,52). The lowest BCUT2D eigenvalue weighted by Crippen LogP contribution is -2.59. The molecule has 3 N–H and O–H groups in total. The van der Waals surface area contributed by atoms with Gasteiger partial charge in [-0.3, -0.25) is 15.2 Å². The largest absolute Gasteiger partial charge is 0.452 e. The van der Waals surface area contributed by atoms with Crippen molar-refractivity contribution in [2.24, 2.45) is 11.3 Å². The molecule has 0 spiro atoms. The second-order valence-corrected chi connectivity index (χ2v) is 15.4. The molecule has 2 heterocycles. The molecule has 13 nitrogen and oxygen atoms in total. The molecular weight excluding hydrogens is 705 g/mol. The van der Waals surface area contributed by atoms with Crippen LogP contribution in [0, 0.1) is 24.1 Å². The highest BCUT2D eigenvalue weighted by molar-refractivity contribution is 5.90. The number of methoxy groups -OCH3 is 1. The fourth-order valence-electron chi connectivity index (χ4n) is 6.55. The highest BCUT2D eigenvalue weighted by Gasteiger charge is 2.41. The first-order valence-corrected chi connectivity index (χ1v) is 18.7. The normalized spacial score (nSPS) is 15.3. The molecule has 14 heteroatoms. The van der Waals surface area contributed by atoms with Crippen LogP contribution in [-0.2, 0) is 29.0 Å². The van der Waals surface area contributed by atoms with E-state index >= 15 is 0 Å². The number of aliphatic hydroxyl groups excluding tert-OH is 1. The highest BCUT2D eigenvalue weighted by Crippen LogP contribution is 2.23. The highest BCUT2D eigenvalue weighted by atomic mass is 19.1. The quantitative estimate of drug-likeness (QED) is 0.162. The SMILES string of the molecule is CCC(C)C(C(=O)NC(Cc1ccccc1)C(O)CN(Cc1ccc(F)cc1)NC(=O)N(CC(C)(C)C)C(=O)OC)N1CCN(Cc2cccc(C)n2)C1=O. The van der Waals surface area contributed by atoms with Gasteiger partial charge in [0.1, 0.15) is 11.9 Å². The number of imide groups is 1. The summed E-state index contributed by atoms with van der Waals surface area (Å²) in [5, 5.41) is 16.5. The monoisotopic (exact) mass is 761 g/mol. The summed E-state index contributed by atoms with van der Waals surface area (Å²) in [6.45, 7) is 12.4. The van der Waals surface area contributed by atoms with Crippen LogP contribution in [0.4, 0.5) is 18.8 Å². The number of aryl methyl sites for hydroxylation is 1. The lowest BCUT2D eigenvalue weighted by molar-refractivity contribution is -0.128. The molecule has 1 aromatic heterocycles. The van der Waals surface area contributed by atoms with E-state index in [1.165, 1.54) is 24.3 Å². The van der Waals surface area contributed by atoms with Gasteiger partial charge in [-0.15, -0.1) is 0 Å². The number of pyridine rings is 1. The average molecular weight is 762 g/mol. The Morgan fingerprint density at radius 3 is 2.31 bits per heavy atom. The molecule has 2 aromatic carbocycles. The number of hydrogen-bond acceptors (Lipinski definition) is 8. The maximum absolute atomic E-state index is 14.4. The second-order valence-electron chi connectivity index (χ2n) is 15.4. The average Bonchev–Trinajstić information content (AvgIpc) is 3.49. The summed E-state index contributed by atoms with van der Waals surface area (Å²) in [5.74, 6) is -1.05. The molecule has 0 bridgehead atoms. The number of urea groups is 2. The van der Waals surface area contributed by atoms with Crippen molar-refractivity contribution < 1.29 is 33.4 Å². The van der Waals surface area contributed by atoms with Gasteiger partial charge in [-0.25, -0.2) is 28.7 Å². The zero-order chi connectivity index (χ0) is 40.3. The maximum Gasteiger partial charge on any atom is 0.417 e. The molecule has 55 heavy (non-hydrogen) atoms. The fraction of sp³-hybridized carbons (Fsp3) is 0.488. The molecule has 6 amide bonds. The number of rotatable bonds is 16. The van der Waals surface area contributed by atoms with E-state index < -0.39 is 47.5 Å². The number of ether oxygens (including phenoxy) is 1. The molecule has 4 atom stereocenters. The van der Waals surface area contributed by atoms with Gasteiger partial charge in [0, 0.05) is 38.4 Å². The molecule has 1 aliphatic rings. The molecule has 1 fully saturated rings. The lowest BCUT2D eigenvalue weighted by Gasteiger charge is -2.35. The van der Waals surface area contributed by atoms with Crippen molar-refractivity contribution in [2.75, 3.05) is 33.3 Å². The number of hydrazine groups is 1. The van der Waals surface area contributed by atoms with Crippen molar-refractivity contribution in [1.29, 1.82) is 0 Å². The predicted molar refractivity (Wildman–Crippen MR) is 207 cm³/mol. The van der Waals surface area contributed by atoms with E-state index in [4.69, 9.17) is 4.74 Å². The van der Waals surface area contributed by atoms with Gasteiger partial charge >= 0.3 is 18.2 Å². The van der Waals surface area contributed by atoms with Crippen LogP contribution in [0.1, 0.15) is 63.6 Å². The summed E-state index contributed by atoms with van der Waals surface area (Å²) in [7, 11) is 1.18. The third-order valence-corrected chi connectivity index (χ3v) is 9.52. The van der Waals surface area contributed by atoms with Crippen molar-refractivity contribution in [2.45, 2.75) is 85.7 Å². The molecule has 4 rings (SSSR count). The van der Waals surface area contributed by atoms with Gasteiger partial charge in [-0.2, -0.15) is 0 Å². The Kier molecular flexibility index (Phi) is 15.1. The second kappa shape index (κ2) is 19.5. The van der Waals surface area contributed by atoms with E-state index in [0.717, 1.165) is 21.9 Å². The van der Waals surface area contributed by atoms with Gasteiger partial charge in [0.2, 0.25) is 5.91 Å². The van der Waals surface area contributed by atoms with Crippen LogP contribution in [0.15, 0.2) is 72.8 Å². The molecular formula is C41H56FN7O6. The van der Waals surface area contributed by atoms with E-state index in [0.29, 0.717) is 31.6 Å². The number of halogens is 1. The number of nitrogens with zero attached hydrogens (tertiary/aromatic N) is 5. The Morgan fingerprint density at radius 2 is 1.69 bits per heavy atom. The van der Waals surface area contributed by atoms with Gasteiger partial charge in [0.25, 0.3) is 0 Å². The maximum atomic E-state index is 14.4. The van der Waals surface area contributed by atoms with Crippen LogP contribution in [0.5, 0.6) is 0 Å². The van der Waals surface area contributed by atoms with Gasteiger partial charge < -0.3 is 25.0 Å². The number of benzene rings is 2. The molecule has 4 unspecified atom stereocenters. The van der Waals surface area contributed by atoms with E-state index in [-0.39, 0.29) is 38.0 Å². The summed E-state index contributed by atoms with van der Waals surface area (Å²) < 4.78 is 18.7. The molecule has 298 valence electrons. The van der Waals surface area contributed by atoms with E-state index in [1.807, 2.05) is 90.1 Å². The zero-order valence-electron chi connectivity index (χ0n) is 33.0. The third-order valence-electron chi connectivity index (χ3n) is 9.52. The number of nitrogens with one attached hydrogen (secondary N) is 2. The van der Waals surface area contributed by atoms with Crippen molar-refractivity contribution in [3.05, 3.63) is 101 Å². The van der Waals surface area contributed by atoms with Crippen molar-refractivity contribution in [3.8, 4) is 0 Å². The Labute approximate surface area is 323 Å². The summed E-state index contributed by atoms with van der Waals surface area (Å²) in [6.07, 6.45) is -1.27. The van der Waals surface area contributed by atoms with Crippen LogP contribution in [0.2, 0.25) is 0 Å². The summed E-state index contributed by atoms with van der Waals surface area (Å²) in [6, 6.07) is 18.0. The molecule has 0 radical (unpaired) electrons. The number of amides is 6. The molecule has 1 aliphatic heterocycles. The fourth-order valence-corrected chi connectivity index (χ4v) is 6.55. The number of carbonyl (C=O) groups excluding carboxylic acids is 4. The summed E-state index contributed by atoms with van der Waals surface area (Å²) >= 11 is 0. The minimum Gasteiger partial charge on any atom is -0.452 e.